The first-order chi connectivity index (χ1) is 12.9. The van der Waals surface area contributed by atoms with E-state index in [4.69, 9.17) is 0 Å². The van der Waals surface area contributed by atoms with Crippen LogP contribution < -0.4 is 20.3 Å². The number of carbonyl (C=O) groups is 1. The number of benzene rings is 1. The van der Waals surface area contributed by atoms with Crippen molar-refractivity contribution in [2.24, 2.45) is 4.99 Å². The van der Waals surface area contributed by atoms with E-state index in [-0.39, 0.29) is 17.7 Å². The highest BCUT2D eigenvalue weighted by molar-refractivity contribution is 5.81. The van der Waals surface area contributed by atoms with Gasteiger partial charge in [0.1, 0.15) is 5.75 Å². The van der Waals surface area contributed by atoms with E-state index < -0.39 is 6.61 Å². The van der Waals surface area contributed by atoms with Crippen LogP contribution >= 0.6 is 0 Å². The molecule has 2 rings (SSSR count). The zero-order valence-corrected chi connectivity index (χ0v) is 15.9. The third-order valence-electron chi connectivity index (χ3n) is 4.30. The van der Waals surface area contributed by atoms with Crippen LogP contribution in [0.15, 0.2) is 29.3 Å². The van der Waals surface area contributed by atoms with Gasteiger partial charge in [0.2, 0.25) is 5.91 Å². The number of aliphatic imine (C=N–C) groups is 1. The molecule has 0 bridgehead atoms. The zero-order chi connectivity index (χ0) is 19.8. The van der Waals surface area contributed by atoms with Crippen molar-refractivity contribution in [3.05, 3.63) is 24.3 Å². The first kappa shape index (κ1) is 20.7. The molecule has 7 nitrogen and oxygen atoms in total. The van der Waals surface area contributed by atoms with E-state index in [1.807, 2.05) is 4.90 Å². The maximum atomic E-state index is 12.6. The van der Waals surface area contributed by atoms with Crippen molar-refractivity contribution in [3.63, 3.8) is 0 Å². The number of hydrogen-bond donors (Lipinski definition) is 2. The van der Waals surface area contributed by atoms with Crippen molar-refractivity contribution in [2.75, 3.05) is 45.7 Å². The maximum absolute atomic E-state index is 12.6. The van der Waals surface area contributed by atoms with Crippen LogP contribution in [0.25, 0.3) is 0 Å². The van der Waals surface area contributed by atoms with E-state index in [0.717, 1.165) is 13.0 Å². The Morgan fingerprint density at radius 3 is 2.81 bits per heavy atom. The van der Waals surface area contributed by atoms with E-state index in [9.17, 15) is 13.6 Å². The van der Waals surface area contributed by atoms with Gasteiger partial charge in [0.15, 0.2) is 5.96 Å². The Bertz CT molecular complexity index is 654. The lowest BCUT2D eigenvalue weighted by Gasteiger charge is -2.22. The van der Waals surface area contributed by atoms with Crippen molar-refractivity contribution in [2.45, 2.75) is 25.5 Å². The molecule has 1 heterocycles. The molecule has 27 heavy (non-hydrogen) atoms. The molecule has 1 aliphatic rings. The Morgan fingerprint density at radius 2 is 2.15 bits per heavy atom. The number of hydrogen-bond acceptors (Lipinski definition) is 4. The molecule has 0 spiro atoms. The molecule has 0 saturated carbocycles. The molecule has 1 atom stereocenters. The molecule has 1 aliphatic heterocycles. The predicted octanol–water partition coefficient (Wildman–Crippen LogP) is 1.51. The van der Waals surface area contributed by atoms with Crippen LogP contribution in [0.5, 0.6) is 5.75 Å². The van der Waals surface area contributed by atoms with Gasteiger partial charge in [-0.25, -0.2) is 0 Å². The lowest BCUT2D eigenvalue weighted by molar-refractivity contribution is -0.128. The summed E-state index contributed by atoms with van der Waals surface area (Å²) in [7, 11) is 5.11. The first-order valence-corrected chi connectivity index (χ1v) is 8.86. The molecule has 9 heteroatoms. The number of nitrogens with one attached hydrogen (secondary N) is 2. The van der Waals surface area contributed by atoms with Crippen molar-refractivity contribution in [3.8, 4) is 5.75 Å². The quantitative estimate of drug-likeness (QED) is 0.552. The van der Waals surface area contributed by atoms with Crippen molar-refractivity contribution in [1.29, 1.82) is 0 Å². The van der Waals surface area contributed by atoms with Crippen LogP contribution in [0, 0.1) is 0 Å². The lowest BCUT2D eigenvalue weighted by Crippen LogP contribution is -2.45. The lowest BCUT2D eigenvalue weighted by atomic mass is 10.2. The topological polar surface area (TPSA) is 69.2 Å². The number of halogens is 2. The highest BCUT2D eigenvalue weighted by atomic mass is 19.3. The first-order valence-electron chi connectivity index (χ1n) is 8.86. The molecule has 0 aliphatic carbocycles. The van der Waals surface area contributed by atoms with Gasteiger partial charge in [0.25, 0.3) is 0 Å². The molecule has 1 aromatic carbocycles. The molecular formula is C18H27F2N5O2. The van der Waals surface area contributed by atoms with Gasteiger partial charge < -0.3 is 25.2 Å². The normalized spacial score (nSPS) is 17.2. The number of carbonyl (C=O) groups excluding carboxylic acids is 1. The summed E-state index contributed by atoms with van der Waals surface area (Å²) in [5, 5.41) is 6.44. The summed E-state index contributed by atoms with van der Waals surface area (Å²) in [5.74, 6) is 0.837. The fourth-order valence-corrected chi connectivity index (χ4v) is 2.91. The fraction of sp³-hybridized carbons (Fsp3) is 0.556. The Kier molecular flexibility index (Phi) is 7.63. The highest BCUT2D eigenvalue weighted by Crippen LogP contribution is 2.31. The van der Waals surface area contributed by atoms with Crippen LogP contribution in [0.3, 0.4) is 0 Å². The van der Waals surface area contributed by atoms with Gasteiger partial charge >= 0.3 is 6.61 Å². The molecule has 1 aromatic rings. The second-order valence-electron chi connectivity index (χ2n) is 6.46. The van der Waals surface area contributed by atoms with Crippen LogP contribution in [-0.2, 0) is 4.79 Å². The van der Waals surface area contributed by atoms with Crippen LogP contribution in [0.2, 0.25) is 0 Å². The smallest absolute Gasteiger partial charge is 0.387 e. The second-order valence-corrected chi connectivity index (χ2v) is 6.46. The molecule has 1 amide bonds. The van der Waals surface area contributed by atoms with E-state index in [0.29, 0.717) is 31.2 Å². The Hall–Kier alpha value is -2.58. The Labute approximate surface area is 158 Å². The monoisotopic (exact) mass is 383 g/mol. The summed E-state index contributed by atoms with van der Waals surface area (Å²) in [6, 6.07) is 6.91. The number of ether oxygens (including phenoxy) is 1. The number of para-hydroxylation sites is 2. The predicted molar refractivity (Wildman–Crippen MR) is 102 cm³/mol. The minimum absolute atomic E-state index is 0.0423. The van der Waals surface area contributed by atoms with Gasteiger partial charge in [-0.05, 0) is 18.6 Å². The maximum Gasteiger partial charge on any atom is 0.387 e. The van der Waals surface area contributed by atoms with Gasteiger partial charge in [-0.2, -0.15) is 8.78 Å². The van der Waals surface area contributed by atoms with E-state index in [2.05, 4.69) is 20.4 Å². The zero-order valence-electron chi connectivity index (χ0n) is 15.9. The largest absolute Gasteiger partial charge is 0.433 e. The van der Waals surface area contributed by atoms with Crippen molar-refractivity contribution >= 4 is 17.6 Å². The average molecular weight is 383 g/mol. The molecule has 0 aromatic heterocycles. The summed E-state index contributed by atoms with van der Waals surface area (Å²) >= 11 is 0. The summed E-state index contributed by atoms with van der Waals surface area (Å²) in [4.78, 5) is 19.4. The van der Waals surface area contributed by atoms with E-state index in [1.165, 1.54) is 0 Å². The van der Waals surface area contributed by atoms with Gasteiger partial charge in [-0.15, -0.1) is 0 Å². The van der Waals surface area contributed by atoms with Crippen LogP contribution in [-0.4, -0.2) is 70.2 Å². The van der Waals surface area contributed by atoms with E-state index in [1.54, 1.807) is 50.3 Å². The van der Waals surface area contributed by atoms with Gasteiger partial charge in [-0.3, -0.25) is 9.79 Å². The average Bonchev–Trinajstić information content (AvgIpc) is 3.08. The number of nitrogens with zero attached hydrogens (tertiary/aromatic N) is 3. The number of rotatable bonds is 7. The fourth-order valence-electron chi connectivity index (χ4n) is 2.91. The van der Waals surface area contributed by atoms with Gasteiger partial charge in [0, 0.05) is 53.2 Å². The Morgan fingerprint density at radius 1 is 1.41 bits per heavy atom. The molecular weight excluding hydrogens is 356 g/mol. The van der Waals surface area contributed by atoms with Crippen molar-refractivity contribution < 1.29 is 18.3 Å². The molecule has 1 saturated heterocycles. The van der Waals surface area contributed by atoms with Crippen LogP contribution in [0.1, 0.15) is 12.8 Å². The third-order valence-corrected chi connectivity index (χ3v) is 4.30. The second kappa shape index (κ2) is 9.94. The highest BCUT2D eigenvalue weighted by Gasteiger charge is 2.26. The molecule has 150 valence electrons. The van der Waals surface area contributed by atoms with Crippen molar-refractivity contribution in [1.82, 2.24) is 15.5 Å². The standard InChI is InChI=1S/C18H27F2N5O2/c1-21-18(22-10-8-16(26)24(2)3)23-13-9-11-25(12-13)14-6-4-5-7-15(14)27-17(19)20/h4-7,13,17H,8-12H2,1-3H3,(H2,21,22,23). The molecule has 1 fully saturated rings. The SMILES string of the molecule is CN=C(NCCC(=O)N(C)C)NC1CCN(c2ccccc2OC(F)F)C1. The summed E-state index contributed by atoms with van der Waals surface area (Å²) in [6.07, 6.45) is 1.21. The summed E-state index contributed by atoms with van der Waals surface area (Å²) in [5.41, 5.74) is 0.654. The number of alkyl halides is 2. The minimum Gasteiger partial charge on any atom is -0.433 e. The number of anilines is 1. The number of amides is 1. The van der Waals surface area contributed by atoms with E-state index >= 15 is 0 Å². The molecule has 0 radical (unpaired) electrons. The summed E-state index contributed by atoms with van der Waals surface area (Å²) in [6.45, 7) is -1.01. The third kappa shape index (κ3) is 6.26. The molecule has 2 N–H and O–H groups in total. The van der Waals surface area contributed by atoms with Crippen LogP contribution in [0.4, 0.5) is 14.5 Å². The number of guanidine groups is 1. The minimum atomic E-state index is -2.85. The van der Waals surface area contributed by atoms with Gasteiger partial charge in [-0.1, -0.05) is 12.1 Å². The molecule has 1 unspecified atom stereocenters. The van der Waals surface area contributed by atoms with Gasteiger partial charge in [0.05, 0.1) is 5.69 Å². The Balaban J connectivity index is 1.87. The summed E-state index contributed by atoms with van der Waals surface area (Å²) < 4.78 is 29.8.